The highest BCUT2D eigenvalue weighted by Gasteiger charge is 2.53. The Morgan fingerprint density at radius 1 is 0.814 bits per heavy atom. The molecule has 4 rings (SSSR count). The zero-order chi connectivity index (χ0) is 31.1. The van der Waals surface area contributed by atoms with E-state index in [0.29, 0.717) is 5.69 Å². The van der Waals surface area contributed by atoms with Crippen molar-refractivity contribution in [2.45, 2.75) is 57.5 Å². The standard InChI is InChI=1S/C30H30N2O10S/c1-17(33)38-16-24-25(39-18(2)34)26(40-19(3)35)27(41-20(4)36)29(42-24)43-30-31-23(15-21-11-7-5-8-12-21)28(37)32(30)22-13-9-6-10-14-22/h5-15,24-27,29H,16H2,1-4H3/b23-15+/t24-,25-,26+,27+,29+/m0/s1. The Bertz CT molecular complexity index is 1430. The van der Waals surface area contributed by atoms with Crippen LogP contribution in [-0.4, -0.2) is 71.4 Å². The number of aliphatic imine (C=N–C) groups is 1. The number of esters is 4. The normalized spacial score (nSPS) is 24.2. The molecule has 0 bridgehead atoms. The van der Waals surface area contributed by atoms with Crippen LogP contribution >= 0.6 is 11.8 Å². The van der Waals surface area contributed by atoms with Gasteiger partial charge in [-0.05, 0) is 23.8 Å². The molecule has 13 heteroatoms. The first-order valence-electron chi connectivity index (χ1n) is 13.3. The van der Waals surface area contributed by atoms with Gasteiger partial charge in [0.15, 0.2) is 28.9 Å². The Balaban J connectivity index is 1.78. The molecular weight excluding hydrogens is 580 g/mol. The van der Waals surface area contributed by atoms with Crippen LogP contribution in [0.15, 0.2) is 71.4 Å². The number of nitrogens with zero attached hydrogens (tertiary/aromatic N) is 2. The second-order valence-electron chi connectivity index (χ2n) is 9.50. The summed E-state index contributed by atoms with van der Waals surface area (Å²) in [7, 11) is 0. The van der Waals surface area contributed by atoms with E-state index in [2.05, 4.69) is 4.99 Å². The quantitative estimate of drug-likeness (QED) is 0.246. The summed E-state index contributed by atoms with van der Waals surface area (Å²) in [5, 5.41) is 0.180. The zero-order valence-electron chi connectivity index (χ0n) is 23.8. The fourth-order valence-electron chi connectivity index (χ4n) is 4.47. The number of carbonyl (C=O) groups excluding carboxylic acids is 5. The molecule has 43 heavy (non-hydrogen) atoms. The molecule has 0 unspecified atom stereocenters. The molecule has 1 amide bonds. The lowest BCUT2D eigenvalue weighted by Crippen LogP contribution is -2.61. The number of benzene rings is 2. The van der Waals surface area contributed by atoms with Crippen molar-refractivity contribution in [3.05, 3.63) is 71.9 Å². The molecule has 2 aromatic rings. The third-order valence-electron chi connectivity index (χ3n) is 6.12. The van der Waals surface area contributed by atoms with E-state index in [1.807, 2.05) is 30.3 Å². The van der Waals surface area contributed by atoms with Crippen LogP contribution in [-0.2, 0) is 47.7 Å². The third kappa shape index (κ3) is 8.08. The fraction of sp³-hybridized carbons (Fsp3) is 0.333. The zero-order valence-corrected chi connectivity index (χ0v) is 24.6. The summed E-state index contributed by atoms with van der Waals surface area (Å²) in [6.45, 7) is 4.27. The first-order valence-corrected chi connectivity index (χ1v) is 14.1. The number of hydrogen-bond acceptors (Lipinski definition) is 12. The van der Waals surface area contributed by atoms with E-state index in [0.717, 1.165) is 38.1 Å². The van der Waals surface area contributed by atoms with Gasteiger partial charge in [-0.2, -0.15) is 0 Å². The van der Waals surface area contributed by atoms with Gasteiger partial charge in [-0.25, -0.2) is 4.99 Å². The van der Waals surface area contributed by atoms with Crippen molar-refractivity contribution in [2.24, 2.45) is 4.99 Å². The number of amidine groups is 1. The van der Waals surface area contributed by atoms with Crippen LogP contribution in [0.2, 0.25) is 0 Å². The summed E-state index contributed by atoms with van der Waals surface area (Å²) < 4.78 is 27.9. The SMILES string of the molecule is CC(=O)OC[C@@H]1O[C@H](SC2=N/C(=C/c3ccccc3)C(=O)N2c2ccccc2)[C@H](OC(C)=O)[C@H](OC(C)=O)[C@H]1OC(C)=O. The Morgan fingerprint density at radius 2 is 1.37 bits per heavy atom. The molecule has 5 atom stereocenters. The fourth-order valence-corrected chi connectivity index (χ4v) is 5.67. The van der Waals surface area contributed by atoms with E-state index in [-0.39, 0.29) is 17.5 Å². The van der Waals surface area contributed by atoms with Gasteiger partial charge in [-0.3, -0.25) is 28.9 Å². The number of carbonyl (C=O) groups is 5. The van der Waals surface area contributed by atoms with E-state index in [4.69, 9.17) is 23.7 Å². The van der Waals surface area contributed by atoms with Gasteiger partial charge in [0.25, 0.3) is 5.91 Å². The van der Waals surface area contributed by atoms with Crippen molar-refractivity contribution in [3.8, 4) is 0 Å². The molecule has 2 heterocycles. The van der Waals surface area contributed by atoms with Gasteiger partial charge in [-0.1, -0.05) is 60.3 Å². The van der Waals surface area contributed by atoms with Crippen LogP contribution in [0, 0.1) is 0 Å². The van der Waals surface area contributed by atoms with Gasteiger partial charge in [0.1, 0.15) is 18.4 Å². The second-order valence-corrected chi connectivity index (χ2v) is 10.6. The third-order valence-corrected chi connectivity index (χ3v) is 7.21. The van der Waals surface area contributed by atoms with Gasteiger partial charge in [0.05, 0.1) is 5.69 Å². The summed E-state index contributed by atoms with van der Waals surface area (Å²) >= 11 is 0.932. The lowest BCUT2D eigenvalue weighted by molar-refractivity contribution is -0.237. The number of amides is 1. The summed E-state index contributed by atoms with van der Waals surface area (Å²) in [6, 6.07) is 17.9. The van der Waals surface area contributed by atoms with Crippen molar-refractivity contribution >= 4 is 58.5 Å². The summed E-state index contributed by atoms with van der Waals surface area (Å²) in [6.07, 6.45) is -3.46. The van der Waals surface area contributed by atoms with E-state index < -0.39 is 59.6 Å². The largest absolute Gasteiger partial charge is 0.463 e. The first-order chi connectivity index (χ1) is 20.5. The molecule has 2 aliphatic rings. The van der Waals surface area contributed by atoms with Crippen LogP contribution in [0.4, 0.5) is 5.69 Å². The first kappa shape index (κ1) is 31.4. The Morgan fingerprint density at radius 3 is 1.95 bits per heavy atom. The van der Waals surface area contributed by atoms with Crippen LogP contribution in [0.25, 0.3) is 6.08 Å². The average molecular weight is 611 g/mol. The molecule has 0 aromatic heterocycles. The van der Waals surface area contributed by atoms with Crippen molar-refractivity contribution in [1.29, 1.82) is 0 Å². The Hall–Kier alpha value is -4.49. The van der Waals surface area contributed by atoms with Crippen molar-refractivity contribution < 1.29 is 47.7 Å². The number of hydrogen-bond donors (Lipinski definition) is 0. The molecule has 226 valence electrons. The van der Waals surface area contributed by atoms with E-state index in [1.54, 1.807) is 36.4 Å². The van der Waals surface area contributed by atoms with Gasteiger partial charge < -0.3 is 23.7 Å². The molecule has 2 aliphatic heterocycles. The van der Waals surface area contributed by atoms with Crippen molar-refractivity contribution in [1.82, 2.24) is 0 Å². The highest BCUT2D eigenvalue weighted by molar-refractivity contribution is 8.14. The van der Waals surface area contributed by atoms with Crippen LogP contribution in [0.1, 0.15) is 33.3 Å². The molecule has 0 saturated carbocycles. The molecule has 1 fully saturated rings. The number of thioether (sulfide) groups is 1. The lowest BCUT2D eigenvalue weighted by atomic mass is 9.99. The number of rotatable bonds is 8. The average Bonchev–Trinajstić information content (AvgIpc) is 3.25. The van der Waals surface area contributed by atoms with Gasteiger partial charge >= 0.3 is 23.9 Å². The van der Waals surface area contributed by atoms with Gasteiger partial charge in [0.2, 0.25) is 0 Å². The minimum absolute atomic E-state index is 0.142. The predicted molar refractivity (Wildman–Crippen MR) is 155 cm³/mol. The van der Waals surface area contributed by atoms with Crippen molar-refractivity contribution in [2.75, 3.05) is 11.5 Å². The monoisotopic (exact) mass is 610 g/mol. The molecule has 0 radical (unpaired) electrons. The number of ether oxygens (including phenoxy) is 5. The second kappa shape index (κ2) is 14.1. The minimum atomic E-state index is -1.35. The van der Waals surface area contributed by atoms with E-state index in [9.17, 15) is 24.0 Å². The molecule has 0 aliphatic carbocycles. The van der Waals surface area contributed by atoms with E-state index in [1.165, 1.54) is 11.8 Å². The number of para-hydroxylation sites is 1. The lowest BCUT2D eigenvalue weighted by Gasteiger charge is -2.44. The Kier molecular flexibility index (Phi) is 10.3. The molecule has 2 aromatic carbocycles. The molecule has 0 spiro atoms. The maximum absolute atomic E-state index is 13.7. The molecule has 12 nitrogen and oxygen atoms in total. The maximum Gasteiger partial charge on any atom is 0.303 e. The summed E-state index contributed by atoms with van der Waals surface area (Å²) in [5.74, 6) is -3.25. The topological polar surface area (TPSA) is 147 Å². The molecular formula is C30H30N2O10S. The molecule has 0 N–H and O–H groups in total. The van der Waals surface area contributed by atoms with Crippen LogP contribution in [0.5, 0.6) is 0 Å². The maximum atomic E-state index is 13.7. The predicted octanol–water partition coefficient (Wildman–Crippen LogP) is 3.25. The Labute approximate surface area is 252 Å². The van der Waals surface area contributed by atoms with Crippen LogP contribution in [0.3, 0.4) is 0 Å². The van der Waals surface area contributed by atoms with E-state index >= 15 is 0 Å². The smallest absolute Gasteiger partial charge is 0.303 e. The summed E-state index contributed by atoms with van der Waals surface area (Å²) in [4.78, 5) is 67.7. The van der Waals surface area contributed by atoms with Crippen molar-refractivity contribution in [3.63, 3.8) is 0 Å². The summed E-state index contributed by atoms with van der Waals surface area (Å²) in [5.41, 5.74) is 0.250. The van der Waals surface area contributed by atoms with Gasteiger partial charge in [0, 0.05) is 27.7 Å². The van der Waals surface area contributed by atoms with Crippen LogP contribution < -0.4 is 4.90 Å². The highest BCUT2D eigenvalue weighted by Crippen LogP contribution is 2.38. The highest BCUT2D eigenvalue weighted by atomic mass is 32.2. The molecule has 1 saturated heterocycles. The minimum Gasteiger partial charge on any atom is -0.463 e. The van der Waals surface area contributed by atoms with Gasteiger partial charge in [-0.15, -0.1) is 0 Å². The number of anilines is 1.